The summed E-state index contributed by atoms with van der Waals surface area (Å²) in [7, 11) is 0. The molecule has 0 bridgehead atoms. The van der Waals surface area contributed by atoms with Gasteiger partial charge in [-0.25, -0.2) is 9.18 Å². The van der Waals surface area contributed by atoms with Crippen molar-refractivity contribution in [2.45, 2.75) is 6.36 Å². The number of para-hydroxylation sites is 1. The quantitative estimate of drug-likeness (QED) is 0.378. The summed E-state index contributed by atoms with van der Waals surface area (Å²) in [6, 6.07) is 12.7. The molecular weight excluding hydrogens is 434 g/mol. The van der Waals surface area contributed by atoms with Crippen molar-refractivity contribution in [2.24, 2.45) is 0 Å². The summed E-state index contributed by atoms with van der Waals surface area (Å²) in [6.07, 6.45) is -4.91. The number of ether oxygens (including phenoxy) is 2. The van der Waals surface area contributed by atoms with Crippen LogP contribution in [0.4, 0.5) is 23.2 Å². The second kappa shape index (κ2) is 8.10. The van der Waals surface area contributed by atoms with Crippen LogP contribution in [0.2, 0.25) is 0 Å². The highest BCUT2D eigenvalue weighted by atomic mass is 19.4. The molecule has 0 saturated carbocycles. The number of imidazole rings is 1. The van der Waals surface area contributed by atoms with Crippen LogP contribution in [-0.2, 0) is 0 Å². The van der Waals surface area contributed by atoms with Gasteiger partial charge in [0.05, 0.1) is 5.52 Å². The minimum atomic E-state index is -4.91. The molecule has 0 atom stereocenters. The van der Waals surface area contributed by atoms with E-state index in [0.29, 0.717) is 11.0 Å². The molecule has 0 aliphatic rings. The lowest BCUT2D eigenvalue weighted by Crippen LogP contribution is -2.18. The zero-order valence-electron chi connectivity index (χ0n) is 15.9. The van der Waals surface area contributed by atoms with E-state index in [1.54, 1.807) is 18.2 Å². The molecule has 1 heterocycles. The molecule has 32 heavy (non-hydrogen) atoms. The number of halogens is 4. The van der Waals surface area contributed by atoms with Crippen LogP contribution in [0.5, 0.6) is 17.2 Å². The van der Waals surface area contributed by atoms with Crippen LogP contribution in [0.15, 0.2) is 65.5 Å². The van der Waals surface area contributed by atoms with Crippen molar-refractivity contribution in [3.63, 3.8) is 0 Å². The predicted molar refractivity (Wildman–Crippen MR) is 106 cm³/mol. The fourth-order valence-corrected chi connectivity index (χ4v) is 2.97. The van der Waals surface area contributed by atoms with Crippen LogP contribution in [-0.4, -0.2) is 22.2 Å². The van der Waals surface area contributed by atoms with Gasteiger partial charge in [-0.1, -0.05) is 12.1 Å². The maximum Gasteiger partial charge on any atom is 0.573 e. The first-order chi connectivity index (χ1) is 15.2. The summed E-state index contributed by atoms with van der Waals surface area (Å²) in [5.74, 6) is -1.83. The molecule has 4 aromatic rings. The number of carbonyl (C=O) groups is 1. The normalized spacial score (nSPS) is 11.4. The second-order valence-electron chi connectivity index (χ2n) is 6.57. The second-order valence-corrected chi connectivity index (χ2v) is 6.57. The fraction of sp³-hybridized carbons (Fsp3) is 0.0476. The number of hydrogen-bond donors (Lipinski definition) is 3. The lowest BCUT2D eigenvalue weighted by atomic mass is 10.2. The highest BCUT2D eigenvalue weighted by Gasteiger charge is 2.31. The summed E-state index contributed by atoms with van der Waals surface area (Å²) in [4.78, 5) is 29.1. The third-order valence-corrected chi connectivity index (χ3v) is 4.20. The molecule has 1 aromatic heterocycles. The molecule has 3 N–H and O–H groups in total. The van der Waals surface area contributed by atoms with Gasteiger partial charge in [-0.3, -0.25) is 4.79 Å². The Morgan fingerprint density at radius 1 is 0.938 bits per heavy atom. The number of fused-ring (bicyclic) bond motifs is 1. The number of amides is 1. The number of nitrogens with one attached hydrogen (secondary N) is 3. The number of rotatable bonds is 5. The molecule has 4 rings (SSSR count). The van der Waals surface area contributed by atoms with Crippen molar-refractivity contribution >= 4 is 22.6 Å². The molecule has 0 aliphatic heterocycles. The first-order valence-electron chi connectivity index (χ1n) is 9.03. The lowest BCUT2D eigenvalue weighted by Gasteiger charge is -2.12. The van der Waals surface area contributed by atoms with Gasteiger partial charge < -0.3 is 24.8 Å². The molecule has 0 aliphatic carbocycles. The van der Waals surface area contributed by atoms with E-state index in [4.69, 9.17) is 4.74 Å². The SMILES string of the molecule is O=C(Nc1cc(F)cc(Oc2cccc3[nH]c(=O)[nH]c23)c1)c1cccc(OC(F)(F)F)c1. The number of aromatic amines is 2. The molecule has 164 valence electrons. The Hall–Kier alpha value is -4.28. The van der Waals surface area contributed by atoms with Crippen molar-refractivity contribution in [3.05, 3.63) is 82.5 Å². The third kappa shape index (κ3) is 4.89. The average Bonchev–Trinajstić information content (AvgIpc) is 3.08. The Kier molecular flexibility index (Phi) is 5.31. The molecule has 0 unspecified atom stereocenters. The largest absolute Gasteiger partial charge is 0.573 e. The lowest BCUT2D eigenvalue weighted by molar-refractivity contribution is -0.274. The number of carbonyl (C=O) groups excluding carboxylic acids is 1. The molecular formula is C21H13F4N3O4. The van der Waals surface area contributed by atoms with E-state index >= 15 is 0 Å². The van der Waals surface area contributed by atoms with E-state index in [2.05, 4.69) is 20.0 Å². The van der Waals surface area contributed by atoms with Crippen molar-refractivity contribution in [3.8, 4) is 17.2 Å². The molecule has 0 radical (unpaired) electrons. The zero-order valence-corrected chi connectivity index (χ0v) is 15.9. The minimum Gasteiger partial charge on any atom is -0.455 e. The first kappa shape index (κ1) is 21.0. The number of aromatic nitrogens is 2. The van der Waals surface area contributed by atoms with Crippen LogP contribution in [0.3, 0.4) is 0 Å². The monoisotopic (exact) mass is 447 g/mol. The molecule has 0 spiro atoms. The summed E-state index contributed by atoms with van der Waals surface area (Å²) < 4.78 is 60.7. The summed E-state index contributed by atoms with van der Waals surface area (Å²) in [6.45, 7) is 0. The van der Waals surface area contributed by atoms with Crippen LogP contribution >= 0.6 is 0 Å². The Labute approximate surface area is 176 Å². The molecule has 0 saturated heterocycles. The van der Waals surface area contributed by atoms with Crippen molar-refractivity contribution in [2.75, 3.05) is 5.32 Å². The first-order valence-corrected chi connectivity index (χ1v) is 9.03. The molecule has 0 fully saturated rings. The van der Waals surface area contributed by atoms with E-state index in [0.717, 1.165) is 24.3 Å². The van der Waals surface area contributed by atoms with E-state index in [1.807, 2.05) is 0 Å². The number of H-pyrrole nitrogens is 2. The van der Waals surface area contributed by atoms with Crippen LogP contribution in [0, 0.1) is 5.82 Å². The van der Waals surface area contributed by atoms with Gasteiger partial charge >= 0.3 is 12.1 Å². The molecule has 11 heteroatoms. The topological polar surface area (TPSA) is 96.2 Å². The van der Waals surface area contributed by atoms with E-state index < -0.39 is 29.5 Å². The van der Waals surface area contributed by atoms with Crippen molar-refractivity contribution in [1.82, 2.24) is 9.97 Å². The average molecular weight is 447 g/mol. The van der Waals surface area contributed by atoms with Gasteiger partial charge in [0.2, 0.25) is 0 Å². The summed E-state index contributed by atoms with van der Waals surface area (Å²) in [5, 5.41) is 2.40. The maximum absolute atomic E-state index is 14.1. The highest BCUT2D eigenvalue weighted by Crippen LogP contribution is 2.30. The summed E-state index contributed by atoms with van der Waals surface area (Å²) >= 11 is 0. The van der Waals surface area contributed by atoms with Gasteiger partial charge in [0.25, 0.3) is 5.91 Å². The third-order valence-electron chi connectivity index (χ3n) is 4.20. The molecule has 1 amide bonds. The van der Waals surface area contributed by atoms with Crippen LogP contribution < -0.4 is 20.5 Å². The molecule has 7 nitrogen and oxygen atoms in total. The fourth-order valence-electron chi connectivity index (χ4n) is 2.97. The minimum absolute atomic E-state index is 0.00174. The smallest absolute Gasteiger partial charge is 0.455 e. The Balaban J connectivity index is 1.56. The number of benzene rings is 3. The predicted octanol–water partition coefficient (Wildman–Crippen LogP) is 4.94. The Morgan fingerprint density at radius 3 is 2.50 bits per heavy atom. The van der Waals surface area contributed by atoms with Gasteiger partial charge in [-0.2, -0.15) is 0 Å². The van der Waals surface area contributed by atoms with Crippen LogP contribution in [0.25, 0.3) is 11.0 Å². The standard InChI is InChI=1S/C21H13F4N3O4/c22-12-8-13(26-19(29)11-3-1-4-14(7-11)32-21(23,24)25)10-15(9-12)31-17-6-2-5-16-18(17)28-20(30)27-16/h1-10H,(H,26,29)(H2,27,28,30). The summed E-state index contributed by atoms with van der Waals surface area (Å²) in [5.41, 5.74) is 0.280. The van der Waals surface area contributed by atoms with Crippen molar-refractivity contribution in [1.29, 1.82) is 0 Å². The highest BCUT2D eigenvalue weighted by molar-refractivity contribution is 6.04. The number of hydrogen-bond acceptors (Lipinski definition) is 4. The van der Waals surface area contributed by atoms with E-state index in [-0.39, 0.29) is 22.7 Å². The number of anilines is 1. The van der Waals surface area contributed by atoms with E-state index in [9.17, 15) is 27.2 Å². The van der Waals surface area contributed by atoms with Gasteiger partial charge in [-0.05, 0) is 36.4 Å². The van der Waals surface area contributed by atoms with Gasteiger partial charge in [0, 0.05) is 23.4 Å². The van der Waals surface area contributed by atoms with Gasteiger partial charge in [-0.15, -0.1) is 13.2 Å². The van der Waals surface area contributed by atoms with Crippen LogP contribution in [0.1, 0.15) is 10.4 Å². The zero-order chi connectivity index (χ0) is 22.9. The van der Waals surface area contributed by atoms with Gasteiger partial charge in [0.1, 0.15) is 22.8 Å². The van der Waals surface area contributed by atoms with E-state index in [1.165, 1.54) is 18.2 Å². The Bertz CT molecular complexity index is 1360. The molecule has 3 aromatic carbocycles. The maximum atomic E-state index is 14.1. The van der Waals surface area contributed by atoms with Crippen molar-refractivity contribution < 1.29 is 31.8 Å². The van der Waals surface area contributed by atoms with Gasteiger partial charge in [0.15, 0.2) is 5.75 Å². The number of alkyl halides is 3. The Morgan fingerprint density at radius 2 is 1.72 bits per heavy atom.